The predicted molar refractivity (Wildman–Crippen MR) is 46.3 cm³/mol. The molecule has 5 heteroatoms. The third kappa shape index (κ3) is 7.23. The number of hydrogen-bond acceptors (Lipinski definition) is 1. The number of hydrogen-bond donors (Lipinski definition) is 1. The van der Waals surface area contributed by atoms with Crippen LogP contribution in [0.5, 0.6) is 0 Å². The molecule has 0 amide bonds. The van der Waals surface area contributed by atoms with E-state index in [1.165, 1.54) is 0 Å². The summed E-state index contributed by atoms with van der Waals surface area (Å²) < 4.78 is -1.30. The van der Waals surface area contributed by atoms with Gasteiger partial charge in [0, 0.05) is 18.4 Å². The third-order valence-corrected chi connectivity index (χ3v) is 1.73. The molecule has 0 saturated carbocycles. The minimum absolute atomic E-state index is 0.0227. The Balaban J connectivity index is 3.47. The number of alkyl halides is 4. The first-order valence-electron chi connectivity index (χ1n) is 2.77. The van der Waals surface area contributed by atoms with Gasteiger partial charge in [0.2, 0.25) is 0 Å². The summed E-state index contributed by atoms with van der Waals surface area (Å²) in [5.41, 5.74) is 0. The van der Waals surface area contributed by atoms with Crippen molar-refractivity contribution in [3.63, 3.8) is 0 Å². The second-order valence-electron chi connectivity index (χ2n) is 1.93. The van der Waals surface area contributed by atoms with E-state index in [9.17, 15) is 0 Å². The van der Waals surface area contributed by atoms with Crippen LogP contribution in [0.3, 0.4) is 0 Å². The summed E-state index contributed by atoms with van der Waals surface area (Å²) in [7, 11) is 0. The van der Waals surface area contributed by atoms with E-state index < -0.39 is 3.79 Å². The van der Waals surface area contributed by atoms with E-state index in [2.05, 4.69) is 0 Å². The maximum Gasteiger partial charge on any atom is 0.192 e. The standard InChI is InChI=1S/C5H8Cl4O/c6-4(1-2-10)3-5(7,8)9/h4,10H,1-3H2. The van der Waals surface area contributed by atoms with Gasteiger partial charge in [-0.3, -0.25) is 0 Å². The molecule has 0 saturated heterocycles. The molecule has 0 aromatic carbocycles. The number of rotatable bonds is 3. The van der Waals surface area contributed by atoms with Gasteiger partial charge in [0.25, 0.3) is 0 Å². The van der Waals surface area contributed by atoms with E-state index in [0.717, 1.165) is 0 Å². The Morgan fingerprint density at radius 1 is 1.30 bits per heavy atom. The average molecular weight is 226 g/mol. The van der Waals surface area contributed by atoms with Crippen molar-refractivity contribution in [1.82, 2.24) is 0 Å². The lowest BCUT2D eigenvalue weighted by molar-refractivity contribution is 0.285. The highest BCUT2D eigenvalue weighted by Gasteiger charge is 2.23. The summed E-state index contributed by atoms with van der Waals surface area (Å²) in [6.45, 7) is 0.0227. The van der Waals surface area contributed by atoms with Crippen LogP contribution < -0.4 is 0 Å². The van der Waals surface area contributed by atoms with Crippen LogP contribution in [0.25, 0.3) is 0 Å². The summed E-state index contributed by atoms with van der Waals surface area (Å²) in [4.78, 5) is 0. The molecule has 0 aromatic heterocycles. The Morgan fingerprint density at radius 3 is 2.10 bits per heavy atom. The Hall–Kier alpha value is 1.12. The van der Waals surface area contributed by atoms with E-state index in [0.29, 0.717) is 6.42 Å². The summed E-state index contributed by atoms with van der Waals surface area (Å²) in [6.07, 6.45) is 0.718. The van der Waals surface area contributed by atoms with Crippen molar-refractivity contribution in [1.29, 1.82) is 0 Å². The maximum atomic E-state index is 8.42. The van der Waals surface area contributed by atoms with Gasteiger partial charge in [0.15, 0.2) is 3.79 Å². The number of aliphatic hydroxyl groups is 1. The molecule has 10 heavy (non-hydrogen) atoms. The zero-order valence-electron chi connectivity index (χ0n) is 5.16. The van der Waals surface area contributed by atoms with E-state index in [-0.39, 0.29) is 18.4 Å². The average Bonchev–Trinajstić information content (AvgIpc) is 1.59. The summed E-state index contributed by atoms with van der Waals surface area (Å²) in [5, 5.41) is 8.15. The second-order valence-corrected chi connectivity index (χ2v) is 5.06. The Kier molecular flexibility index (Phi) is 5.44. The van der Waals surface area contributed by atoms with Crippen molar-refractivity contribution >= 4 is 46.4 Å². The molecule has 1 unspecified atom stereocenters. The highest BCUT2D eigenvalue weighted by molar-refractivity contribution is 6.67. The molecule has 0 spiro atoms. The number of aliphatic hydroxyl groups excluding tert-OH is 1. The molecule has 0 aliphatic heterocycles. The maximum absolute atomic E-state index is 8.42. The Morgan fingerprint density at radius 2 is 1.80 bits per heavy atom. The molecule has 1 N–H and O–H groups in total. The highest BCUT2D eigenvalue weighted by atomic mass is 35.6. The molecule has 0 aromatic rings. The minimum Gasteiger partial charge on any atom is -0.396 e. The minimum atomic E-state index is -1.30. The number of halogens is 4. The second kappa shape index (κ2) is 4.89. The molecular formula is C5H8Cl4O. The molecule has 1 nitrogen and oxygen atoms in total. The van der Waals surface area contributed by atoms with Crippen molar-refractivity contribution in [3.05, 3.63) is 0 Å². The quantitative estimate of drug-likeness (QED) is 0.733. The molecule has 0 heterocycles. The molecule has 62 valence electrons. The monoisotopic (exact) mass is 224 g/mol. The van der Waals surface area contributed by atoms with Gasteiger partial charge in [-0.1, -0.05) is 34.8 Å². The molecule has 0 bridgehead atoms. The van der Waals surface area contributed by atoms with Crippen molar-refractivity contribution < 1.29 is 5.11 Å². The zero-order chi connectivity index (χ0) is 8.20. The molecule has 0 aliphatic rings. The van der Waals surface area contributed by atoms with Gasteiger partial charge in [-0.15, -0.1) is 11.6 Å². The molecule has 0 aliphatic carbocycles. The lowest BCUT2D eigenvalue weighted by Gasteiger charge is -2.13. The first-order chi connectivity index (χ1) is 4.45. The molecular weight excluding hydrogens is 218 g/mol. The normalized spacial score (nSPS) is 15.3. The molecule has 0 rings (SSSR count). The van der Waals surface area contributed by atoms with Crippen molar-refractivity contribution in [2.45, 2.75) is 22.0 Å². The van der Waals surface area contributed by atoms with E-state index in [4.69, 9.17) is 51.5 Å². The van der Waals surface area contributed by atoms with Crippen LogP contribution in [-0.2, 0) is 0 Å². The van der Waals surface area contributed by atoms with Crippen LogP contribution in [0.15, 0.2) is 0 Å². The van der Waals surface area contributed by atoms with Crippen LogP contribution in [0.4, 0.5) is 0 Å². The van der Waals surface area contributed by atoms with Gasteiger partial charge in [-0.05, 0) is 6.42 Å². The van der Waals surface area contributed by atoms with Crippen LogP contribution in [0.2, 0.25) is 0 Å². The smallest absolute Gasteiger partial charge is 0.192 e. The zero-order valence-corrected chi connectivity index (χ0v) is 8.18. The van der Waals surface area contributed by atoms with Gasteiger partial charge in [-0.2, -0.15) is 0 Å². The van der Waals surface area contributed by atoms with Crippen molar-refractivity contribution in [2.75, 3.05) is 6.61 Å². The van der Waals surface area contributed by atoms with Gasteiger partial charge in [-0.25, -0.2) is 0 Å². The highest BCUT2D eigenvalue weighted by Crippen LogP contribution is 2.33. The fourth-order valence-electron chi connectivity index (χ4n) is 0.493. The lowest BCUT2D eigenvalue weighted by Crippen LogP contribution is -2.12. The Bertz CT molecular complexity index is 90.1. The van der Waals surface area contributed by atoms with Crippen LogP contribution in [-0.4, -0.2) is 20.9 Å². The van der Waals surface area contributed by atoms with Gasteiger partial charge in [0.1, 0.15) is 0 Å². The fraction of sp³-hybridized carbons (Fsp3) is 1.00. The topological polar surface area (TPSA) is 20.2 Å². The van der Waals surface area contributed by atoms with Gasteiger partial charge < -0.3 is 5.11 Å². The fourth-order valence-corrected chi connectivity index (χ4v) is 1.62. The first kappa shape index (κ1) is 11.1. The molecule has 1 atom stereocenters. The van der Waals surface area contributed by atoms with E-state index in [1.807, 2.05) is 0 Å². The van der Waals surface area contributed by atoms with Crippen molar-refractivity contribution in [2.24, 2.45) is 0 Å². The molecule has 0 radical (unpaired) electrons. The Labute approximate surface area is 80.2 Å². The van der Waals surface area contributed by atoms with Crippen LogP contribution >= 0.6 is 46.4 Å². The predicted octanol–water partition coefficient (Wildman–Crippen LogP) is 2.74. The van der Waals surface area contributed by atoms with Crippen LogP contribution in [0.1, 0.15) is 12.8 Å². The largest absolute Gasteiger partial charge is 0.396 e. The van der Waals surface area contributed by atoms with Gasteiger partial charge in [0.05, 0.1) is 0 Å². The summed E-state index contributed by atoms with van der Waals surface area (Å²) in [6, 6.07) is 0. The summed E-state index contributed by atoms with van der Waals surface area (Å²) in [5.74, 6) is 0. The van der Waals surface area contributed by atoms with E-state index in [1.54, 1.807) is 0 Å². The summed E-state index contributed by atoms with van der Waals surface area (Å²) >= 11 is 21.9. The lowest BCUT2D eigenvalue weighted by atomic mass is 10.2. The third-order valence-electron chi connectivity index (χ3n) is 0.895. The SMILES string of the molecule is OCCC(Cl)CC(Cl)(Cl)Cl. The van der Waals surface area contributed by atoms with Crippen molar-refractivity contribution in [3.8, 4) is 0 Å². The van der Waals surface area contributed by atoms with E-state index >= 15 is 0 Å². The first-order valence-corrected chi connectivity index (χ1v) is 4.34. The van der Waals surface area contributed by atoms with Crippen LogP contribution in [0, 0.1) is 0 Å². The van der Waals surface area contributed by atoms with Gasteiger partial charge >= 0.3 is 0 Å². The molecule has 0 fully saturated rings.